The number of halogens is 2. The molecular formula is C15H10ClFN4O. The minimum absolute atomic E-state index is 0.0149. The Morgan fingerprint density at radius 1 is 1.18 bits per heavy atom. The highest BCUT2D eigenvalue weighted by Crippen LogP contribution is 2.17. The molecule has 2 heterocycles. The first-order chi connectivity index (χ1) is 10.6. The van der Waals surface area contributed by atoms with Gasteiger partial charge >= 0.3 is 0 Å². The van der Waals surface area contributed by atoms with E-state index in [1.54, 1.807) is 30.3 Å². The fourth-order valence-electron chi connectivity index (χ4n) is 1.99. The summed E-state index contributed by atoms with van der Waals surface area (Å²) in [7, 11) is 0. The highest BCUT2D eigenvalue weighted by Gasteiger charge is 2.14. The number of hydrogen-bond acceptors (Lipinski definition) is 4. The maximum Gasteiger partial charge on any atom is 0.258 e. The van der Waals surface area contributed by atoms with Crippen molar-refractivity contribution < 1.29 is 9.18 Å². The number of nitrogens with zero attached hydrogens (tertiary/aromatic N) is 4. The Morgan fingerprint density at radius 3 is 2.73 bits per heavy atom. The molecule has 110 valence electrons. The van der Waals surface area contributed by atoms with Crippen molar-refractivity contribution in [2.45, 2.75) is 6.42 Å². The Kier molecular flexibility index (Phi) is 3.93. The molecule has 0 aliphatic rings. The van der Waals surface area contributed by atoms with Crippen molar-refractivity contribution >= 4 is 17.4 Å². The largest absolute Gasteiger partial charge is 0.294 e. The van der Waals surface area contributed by atoms with E-state index in [2.05, 4.69) is 15.1 Å². The maximum atomic E-state index is 13.5. The van der Waals surface area contributed by atoms with Gasteiger partial charge in [0, 0.05) is 24.2 Å². The zero-order chi connectivity index (χ0) is 15.5. The maximum absolute atomic E-state index is 13.5. The first-order valence-corrected chi connectivity index (χ1v) is 6.82. The highest BCUT2D eigenvalue weighted by molar-refractivity contribution is 6.34. The van der Waals surface area contributed by atoms with Gasteiger partial charge in [0.2, 0.25) is 5.82 Å². The van der Waals surface area contributed by atoms with Gasteiger partial charge in [-0.2, -0.15) is 9.49 Å². The molecule has 7 heteroatoms. The van der Waals surface area contributed by atoms with Gasteiger partial charge in [-0.3, -0.25) is 4.79 Å². The lowest BCUT2D eigenvalue weighted by Crippen LogP contribution is -2.07. The Hall–Kier alpha value is -2.60. The Morgan fingerprint density at radius 2 is 1.95 bits per heavy atom. The molecule has 1 aromatic carbocycles. The van der Waals surface area contributed by atoms with Gasteiger partial charge in [0.15, 0.2) is 5.78 Å². The molecule has 0 fully saturated rings. The van der Waals surface area contributed by atoms with Crippen LogP contribution in [0, 0.1) is 5.95 Å². The molecule has 3 aromatic rings. The van der Waals surface area contributed by atoms with Crippen LogP contribution in [0.5, 0.6) is 0 Å². The van der Waals surface area contributed by atoms with Crippen molar-refractivity contribution in [3.05, 3.63) is 71.2 Å². The summed E-state index contributed by atoms with van der Waals surface area (Å²) in [5, 5.41) is 4.54. The van der Waals surface area contributed by atoms with Gasteiger partial charge in [-0.15, -0.1) is 0 Å². The van der Waals surface area contributed by atoms with Crippen LogP contribution in [0.25, 0.3) is 5.82 Å². The molecule has 0 aliphatic carbocycles. The van der Waals surface area contributed by atoms with E-state index in [0.717, 1.165) is 0 Å². The first-order valence-electron chi connectivity index (χ1n) is 6.44. The molecule has 0 atom stereocenters. The van der Waals surface area contributed by atoms with E-state index < -0.39 is 5.95 Å². The quantitative estimate of drug-likeness (QED) is 0.694. The summed E-state index contributed by atoms with van der Waals surface area (Å²) < 4.78 is 14.8. The van der Waals surface area contributed by atoms with E-state index in [-0.39, 0.29) is 18.0 Å². The zero-order valence-corrected chi connectivity index (χ0v) is 12.0. The third-order valence-corrected chi connectivity index (χ3v) is 3.34. The van der Waals surface area contributed by atoms with E-state index in [0.29, 0.717) is 16.3 Å². The number of carbonyl (C=O) groups is 1. The number of Topliss-reactive ketones (excluding diaryl/α,β-unsaturated/α-hetero) is 1. The summed E-state index contributed by atoms with van der Waals surface area (Å²) in [4.78, 5) is 19.6. The van der Waals surface area contributed by atoms with Crippen LogP contribution in [0.15, 0.2) is 48.9 Å². The summed E-state index contributed by atoms with van der Waals surface area (Å²) in [6.45, 7) is 0. The summed E-state index contributed by atoms with van der Waals surface area (Å²) >= 11 is 5.99. The van der Waals surface area contributed by atoms with Crippen molar-refractivity contribution in [2.75, 3.05) is 0 Å². The van der Waals surface area contributed by atoms with Crippen LogP contribution in [-0.4, -0.2) is 25.5 Å². The fourth-order valence-corrected chi connectivity index (χ4v) is 2.23. The van der Waals surface area contributed by atoms with E-state index >= 15 is 0 Å². The number of benzene rings is 1. The van der Waals surface area contributed by atoms with Crippen LogP contribution in [-0.2, 0) is 6.42 Å². The molecule has 0 aliphatic heterocycles. The molecule has 0 saturated heterocycles. The minimum Gasteiger partial charge on any atom is -0.294 e. The molecule has 0 bridgehead atoms. The standard InChI is InChI=1S/C15H10ClFN4O/c16-12-4-2-1-3-11(12)13(22)9-10-5-8-21(20-10)15-14(17)18-6-7-19-15/h1-8H,9H2. The van der Waals surface area contributed by atoms with Crippen LogP contribution >= 0.6 is 11.6 Å². The summed E-state index contributed by atoms with van der Waals surface area (Å²) in [6.07, 6.45) is 4.22. The second kappa shape index (κ2) is 6.03. The SMILES string of the molecule is O=C(Cc1ccn(-c2nccnc2F)n1)c1ccccc1Cl. The number of ketones is 1. The highest BCUT2D eigenvalue weighted by atomic mass is 35.5. The van der Waals surface area contributed by atoms with Crippen LogP contribution in [0.1, 0.15) is 16.1 Å². The topological polar surface area (TPSA) is 60.7 Å². The molecule has 0 radical (unpaired) electrons. The minimum atomic E-state index is -0.727. The Balaban J connectivity index is 1.82. The lowest BCUT2D eigenvalue weighted by atomic mass is 10.1. The van der Waals surface area contributed by atoms with Crippen LogP contribution < -0.4 is 0 Å². The van der Waals surface area contributed by atoms with Gasteiger partial charge in [-0.1, -0.05) is 23.7 Å². The van der Waals surface area contributed by atoms with Gasteiger partial charge in [-0.25, -0.2) is 14.6 Å². The average molecular weight is 317 g/mol. The number of hydrogen-bond donors (Lipinski definition) is 0. The third kappa shape index (κ3) is 2.87. The van der Waals surface area contributed by atoms with E-state index in [1.165, 1.54) is 23.3 Å². The van der Waals surface area contributed by atoms with E-state index in [9.17, 15) is 9.18 Å². The van der Waals surface area contributed by atoms with Gasteiger partial charge in [-0.05, 0) is 18.2 Å². The predicted molar refractivity (Wildman–Crippen MR) is 78.6 cm³/mol. The van der Waals surface area contributed by atoms with Gasteiger partial charge in [0.25, 0.3) is 5.95 Å². The summed E-state index contributed by atoms with van der Waals surface area (Å²) in [6, 6.07) is 8.44. The van der Waals surface area contributed by atoms with E-state index in [1.807, 2.05) is 0 Å². The zero-order valence-electron chi connectivity index (χ0n) is 11.3. The normalized spacial score (nSPS) is 10.6. The molecule has 0 N–H and O–H groups in total. The van der Waals surface area contributed by atoms with E-state index in [4.69, 9.17) is 11.6 Å². The summed E-state index contributed by atoms with van der Waals surface area (Å²) in [5.41, 5.74) is 0.930. The Labute approximate surface area is 130 Å². The van der Waals surface area contributed by atoms with Gasteiger partial charge in [0.05, 0.1) is 17.1 Å². The van der Waals surface area contributed by atoms with Crippen molar-refractivity contribution in [2.24, 2.45) is 0 Å². The molecule has 5 nitrogen and oxygen atoms in total. The van der Waals surface area contributed by atoms with Crippen molar-refractivity contribution in [3.8, 4) is 5.82 Å². The van der Waals surface area contributed by atoms with Crippen molar-refractivity contribution in [1.29, 1.82) is 0 Å². The third-order valence-electron chi connectivity index (χ3n) is 3.01. The molecule has 0 saturated carbocycles. The Bertz CT molecular complexity index is 834. The molecule has 0 spiro atoms. The average Bonchev–Trinajstić information content (AvgIpc) is 2.96. The smallest absolute Gasteiger partial charge is 0.258 e. The number of rotatable bonds is 4. The second-order valence-electron chi connectivity index (χ2n) is 4.50. The predicted octanol–water partition coefficient (Wildman–Crippen LogP) is 2.88. The molecule has 22 heavy (non-hydrogen) atoms. The second-order valence-corrected chi connectivity index (χ2v) is 4.91. The number of aromatic nitrogens is 4. The number of carbonyl (C=O) groups excluding carboxylic acids is 1. The molecular weight excluding hydrogens is 307 g/mol. The molecule has 2 aromatic heterocycles. The fraction of sp³-hybridized carbons (Fsp3) is 0.0667. The van der Waals surface area contributed by atoms with Crippen molar-refractivity contribution in [1.82, 2.24) is 19.7 Å². The molecule has 3 rings (SSSR count). The van der Waals surface area contributed by atoms with Gasteiger partial charge < -0.3 is 0 Å². The summed E-state index contributed by atoms with van der Waals surface area (Å²) in [5.74, 6) is -0.899. The molecule has 0 unspecified atom stereocenters. The van der Waals surface area contributed by atoms with Crippen molar-refractivity contribution in [3.63, 3.8) is 0 Å². The van der Waals surface area contributed by atoms with Crippen LogP contribution in [0.2, 0.25) is 5.02 Å². The lowest BCUT2D eigenvalue weighted by Gasteiger charge is -2.02. The van der Waals surface area contributed by atoms with Crippen LogP contribution in [0.3, 0.4) is 0 Å². The first kappa shape index (κ1) is 14.3. The van der Waals surface area contributed by atoms with Gasteiger partial charge in [0.1, 0.15) is 0 Å². The molecule has 0 amide bonds. The monoisotopic (exact) mass is 316 g/mol. The lowest BCUT2D eigenvalue weighted by molar-refractivity contribution is 0.0992. The van der Waals surface area contributed by atoms with Crippen LogP contribution in [0.4, 0.5) is 4.39 Å².